The maximum atomic E-state index is 6.22. The van der Waals surface area contributed by atoms with Gasteiger partial charge < -0.3 is 10.5 Å². The van der Waals surface area contributed by atoms with E-state index in [4.69, 9.17) is 10.5 Å². The summed E-state index contributed by atoms with van der Waals surface area (Å²) in [5.74, 6) is 1.97. The lowest BCUT2D eigenvalue weighted by atomic mass is 9.72. The van der Waals surface area contributed by atoms with Gasteiger partial charge in [0.2, 0.25) is 0 Å². The predicted octanol–water partition coefficient (Wildman–Crippen LogP) is 2.64. The van der Waals surface area contributed by atoms with Crippen molar-refractivity contribution in [3.8, 4) is 0 Å². The van der Waals surface area contributed by atoms with Gasteiger partial charge in [0, 0.05) is 25.2 Å². The van der Waals surface area contributed by atoms with E-state index >= 15 is 0 Å². The van der Waals surface area contributed by atoms with Crippen LogP contribution in [-0.2, 0) is 4.74 Å². The van der Waals surface area contributed by atoms with E-state index in [1.54, 1.807) is 0 Å². The minimum atomic E-state index is 0.261. The van der Waals surface area contributed by atoms with E-state index in [9.17, 15) is 0 Å². The van der Waals surface area contributed by atoms with Crippen LogP contribution in [-0.4, -0.2) is 43.3 Å². The van der Waals surface area contributed by atoms with Crippen molar-refractivity contribution in [2.24, 2.45) is 17.6 Å². The summed E-state index contributed by atoms with van der Waals surface area (Å²) in [7, 11) is 0. The number of ether oxygens (including phenoxy) is 1. The van der Waals surface area contributed by atoms with E-state index in [0.29, 0.717) is 0 Å². The number of hydrogen-bond acceptors (Lipinski definition) is 3. The van der Waals surface area contributed by atoms with E-state index in [0.717, 1.165) is 44.7 Å². The Labute approximate surface area is 118 Å². The van der Waals surface area contributed by atoms with Gasteiger partial charge in [-0.25, -0.2) is 0 Å². The highest BCUT2D eigenvalue weighted by Gasteiger charge is 2.43. The molecule has 2 fully saturated rings. The summed E-state index contributed by atoms with van der Waals surface area (Å²) in [6.07, 6.45) is 8.35. The lowest BCUT2D eigenvalue weighted by Gasteiger charge is -2.48. The zero-order valence-electron chi connectivity index (χ0n) is 12.9. The highest BCUT2D eigenvalue weighted by molar-refractivity contribution is 4.99. The predicted molar refractivity (Wildman–Crippen MR) is 80.2 cm³/mol. The molecule has 2 aliphatic rings. The van der Waals surface area contributed by atoms with Gasteiger partial charge in [0.1, 0.15) is 0 Å². The Morgan fingerprint density at radius 2 is 2.00 bits per heavy atom. The van der Waals surface area contributed by atoms with Gasteiger partial charge >= 0.3 is 0 Å². The molecule has 2 saturated carbocycles. The summed E-state index contributed by atoms with van der Waals surface area (Å²) >= 11 is 0. The lowest BCUT2D eigenvalue weighted by Crippen LogP contribution is -2.57. The Morgan fingerprint density at radius 1 is 1.21 bits per heavy atom. The van der Waals surface area contributed by atoms with Crippen LogP contribution in [0.4, 0.5) is 0 Å². The minimum Gasteiger partial charge on any atom is -0.380 e. The van der Waals surface area contributed by atoms with Crippen molar-refractivity contribution in [1.82, 2.24) is 4.90 Å². The van der Waals surface area contributed by atoms with Crippen LogP contribution in [0.1, 0.15) is 52.4 Å². The molecule has 2 atom stereocenters. The zero-order chi connectivity index (χ0) is 13.7. The molecule has 0 heterocycles. The summed E-state index contributed by atoms with van der Waals surface area (Å²) in [5.41, 5.74) is 6.48. The van der Waals surface area contributed by atoms with Crippen molar-refractivity contribution in [3.63, 3.8) is 0 Å². The summed E-state index contributed by atoms with van der Waals surface area (Å²) in [4.78, 5) is 2.61. The van der Waals surface area contributed by atoms with Crippen molar-refractivity contribution < 1.29 is 4.74 Å². The van der Waals surface area contributed by atoms with Gasteiger partial charge in [-0.1, -0.05) is 19.8 Å². The first-order valence-corrected chi connectivity index (χ1v) is 8.28. The average molecular weight is 268 g/mol. The summed E-state index contributed by atoms with van der Waals surface area (Å²) in [6, 6.07) is 0. The summed E-state index contributed by atoms with van der Waals surface area (Å²) in [5, 5.41) is 0. The SMILES string of the molecule is CCOCCN(CC)C1(CN)CCCC(C2CC2)C1. The third-order valence-electron chi connectivity index (χ3n) is 5.29. The molecule has 0 aromatic carbocycles. The molecule has 112 valence electrons. The second-order valence-electron chi connectivity index (χ2n) is 6.40. The first-order chi connectivity index (χ1) is 9.25. The van der Waals surface area contributed by atoms with Crippen LogP contribution in [0.15, 0.2) is 0 Å². The highest BCUT2D eigenvalue weighted by atomic mass is 16.5. The molecular formula is C16H32N2O. The fourth-order valence-corrected chi connectivity index (χ4v) is 4.01. The van der Waals surface area contributed by atoms with Crippen molar-refractivity contribution in [1.29, 1.82) is 0 Å². The molecule has 0 aromatic heterocycles. The number of nitrogens with two attached hydrogens (primary N) is 1. The van der Waals surface area contributed by atoms with Crippen LogP contribution in [0.2, 0.25) is 0 Å². The van der Waals surface area contributed by atoms with Gasteiger partial charge in [0.25, 0.3) is 0 Å². The topological polar surface area (TPSA) is 38.5 Å². The fourth-order valence-electron chi connectivity index (χ4n) is 4.01. The smallest absolute Gasteiger partial charge is 0.0593 e. The summed E-state index contributed by atoms with van der Waals surface area (Å²) in [6.45, 7) is 8.96. The first-order valence-electron chi connectivity index (χ1n) is 8.28. The van der Waals surface area contributed by atoms with Crippen LogP contribution in [0.25, 0.3) is 0 Å². The van der Waals surface area contributed by atoms with Gasteiger partial charge in [-0.3, -0.25) is 4.90 Å². The lowest BCUT2D eigenvalue weighted by molar-refractivity contribution is 0.0113. The van der Waals surface area contributed by atoms with Gasteiger partial charge in [0.15, 0.2) is 0 Å². The molecule has 2 unspecified atom stereocenters. The van der Waals surface area contributed by atoms with Crippen LogP contribution in [0.5, 0.6) is 0 Å². The standard InChI is InChI=1S/C16H32N2O/c1-3-18(10-11-19-4-2)16(13-17)9-5-6-15(12-16)14-7-8-14/h14-15H,3-13,17H2,1-2H3. The maximum Gasteiger partial charge on any atom is 0.0593 e. The molecule has 3 nitrogen and oxygen atoms in total. The molecule has 3 heteroatoms. The van der Waals surface area contributed by atoms with Crippen LogP contribution in [0.3, 0.4) is 0 Å². The summed E-state index contributed by atoms with van der Waals surface area (Å²) < 4.78 is 5.55. The molecule has 2 aliphatic carbocycles. The monoisotopic (exact) mass is 268 g/mol. The Bertz CT molecular complexity index is 267. The number of likely N-dealkylation sites (N-methyl/N-ethyl adjacent to an activating group) is 1. The maximum absolute atomic E-state index is 6.22. The van der Waals surface area contributed by atoms with Crippen molar-refractivity contribution in [3.05, 3.63) is 0 Å². The average Bonchev–Trinajstić information content (AvgIpc) is 3.28. The minimum absolute atomic E-state index is 0.261. The second-order valence-corrected chi connectivity index (χ2v) is 6.40. The molecule has 0 aliphatic heterocycles. The van der Waals surface area contributed by atoms with Crippen LogP contribution in [0, 0.1) is 11.8 Å². The van der Waals surface area contributed by atoms with Crippen molar-refractivity contribution in [2.45, 2.75) is 57.9 Å². The Hall–Kier alpha value is -0.120. The quantitative estimate of drug-likeness (QED) is 0.688. The third kappa shape index (κ3) is 3.71. The van der Waals surface area contributed by atoms with E-state index in [2.05, 4.69) is 18.7 Å². The molecule has 19 heavy (non-hydrogen) atoms. The Morgan fingerprint density at radius 3 is 2.58 bits per heavy atom. The fraction of sp³-hybridized carbons (Fsp3) is 1.00. The molecule has 2 N–H and O–H groups in total. The van der Waals surface area contributed by atoms with Gasteiger partial charge in [-0.15, -0.1) is 0 Å². The molecule has 0 bridgehead atoms. The van der Waals surface area contributed by atoms with Crippen molar-refractivity contribution >= 4 is 0 Å². The molecule has 0 radical (unpaired) electrons. The highest BCUT2D eigenvalue weighted by Crippen LogP contribution is 2.47. The van der Waals surface area contributed by atoms with E-state index in [-0.39, 0.29) is 5.54 Å². The first kappa shape index (κ1) is 15.3. The van der Waals surface area contributed by atoms with Gasteiger partial charge in [0.05, 0.1) is 6.61 Å². The van der Waals surface area contributed by atoms with E-state index in [1.807, 2.05) is 0 Å². The molecular weight excluding hydrogens is 236 g/mol. The molecule has 0 aromatic rings. The number of nitrogens with zero attached hydrogens (tertiary/aromatic N) is 1. The largest absolute Gasteiger partial charge is 0.380 e. The van der Waals surface area contributed by atoms with E-state index in [1.165, 1.54) is 38.5 Å². The van der Waals surface area contributed by atoms with E-state index < -0.39 is 0 Å². The van der Waals surface area contributed by atoms with Crippen LogP contribution >= 0.6 is 0 Å². The van der Waals surface area contributed by atoms with Gasteiger partial charge in [-0.05, 0) is 51.0 Å². The van der Waals surface area contributed by atoms with Crippen LogP contribution < -0.4 is 5.73 Å². The molecule has 0 spiro atoms. The normalized spacial score (nSPS) is 31.9. The molecule has 0 amide bonds. The third-order valence-corrected chi connectivity index (χ3v) is 5.29. The Balaban J connectivity index is 1.96. The van der Waals surface area contributed by atoms with Crippen molar-refractivity contribution in [2.75, 3.05) is 32.8 Å². The number of rotatable bonds is 8. The number of hydrogen-bond donors (Lipinski definition) is 1. The zero-order valence-corrected chi connectivity index (χ0v) is 12.9. The van der Waals surface area contributed by atoms with Gasteiger partial charge in [-0.2, -0.15) is 0 Å². The molecule has 2 rings (SSSR count). The second kappa shape index (κ2) is 7.05. The Kier molecular flexibility index (Phi) is 5.67. The molecule has 0 saturated heterocycles.